The van der Waals surface area contributed by atoms with Gasteiger partial charge in [-0.3, -0.25) is 4.79 Å². The van der Waals surface area contributed by atoms with Gasteiger partial charge in [-0.1, -0.05) is 31.4 Å². The van der Waals surface area contributed by atoms with E-state index < -0.39 is 6.04 Å². The molecule has 0 aliphatic carbocycles. The van der Waals surface area contributed by atoms with Crippen LogP contribution in [-0.4, -0.2) is 39.5 Å². The van der Waals surface area contributed by atoms with Gasteiger partial charge in [0.2, 0.25) is 5.91 Å². The molecule has 1 saturated heterocycles. The summed E-state index contributed by atoms with van der Waals surface area (Å²) in [7, 11) is 0. The number of cyclic esters (lactones) is 1. The van der Waals surface area contributed by atoms with Crippen LogP contribution >= 0.6 is 0 Å². The average Bonchev–Trinajstić information content (AvgIpc) is 3.05. The van der Waals surface area contributed by atoms with E-state index in [1.54, 1.807) is 6.20 Å². The first kappa shape index (κ1) is 15.5. The summed E-state index contributed by atoms with van der Waals surface area (Å²) in [5, 5.41) is 10.6. The Bertz CT molecular complexity index is 486. The van der Waals surface area contributed by atoms with E-state index in [2.05, 4.69) is 22.6 Å². The molecule has 1 aromatic heterocycles. The molecule has 2 rings (SSSR count). The molecule has 1 aliphatic rings. The number of carbonyl (C=O) groups excluding carboxylic acids is 2. The predicted molar refractivity (Wildman–Crippen MR) is 75.4 cm³/mol. The number of carbonyl (C=O) groups is 2. The van der Waals surface area contributed by atoms with Crippen molar-refractivity contribution in [1.29, 1.82) is 0 Å². The van der Waals surface area contributed by atoms with E-state index in [1.807, 2.05) is 0 Å². The Morgan fingerprint density at radius 3 is 3.05 bits per heavy atom. The summed E-state index contributed by atoms with van der Waals surface area (Å²) in [5.74, 6) is -0.611. The first-order valence-electron chi connectivity index (χ1n) is 7.54. The van der Waals surface area contributed by atoms with E-state index in [4.69, 9.17) is 4.74 Å². The van der Waals surface area contributed by atoms with E-state index in [9.17, 15) is 9.59 Å². The Hall–Kier alpha value is -1.92. The standard InChI is InChI=1S/C14H22N4O3/c1-2-3-4-5-6-11-9-18(17-16-11)10-13(19)15-12-7-8-21-14(12)20/h9,12H,2-8,10H2,1H3,(H,15,19)/t12-/m0/s1. The molecule has 1 fully saturated rings. The topological polar surface area (TPSA) is 86.1 Å². The molecular weight excluding hydrogens is 272 g/mol. The lowest BCUT2D eigenvalue weighted by Gasteiger charge is -2.08. The van der Waals surface area contributed by atoms with Gasteiger partial charge < -0.3 is 10.1 Å². The quantitative estimate of drug-likeness (QED) is 0.567. The molecule has 7 heteroatoms. The van der Waals surface area contributed by atoms with E-state index in [1.165, 1.54) is 23.9 Å². The lowest BCUT2D eigenvalue weighted by atomic mass is 10.1. The number of hydrogen-bond donors (Lipinski definition) is 1. The van der Waals surface area contributed by atoms with Crippen LogP contribution in [0.3, 0.4) is 0 Å². The summed E-state index contributed by atoms with van der Waals surface area (Å²) in [5.41, 5.74) is 0.902. The highest BCUT2D eigenvalue weighted by atomic mass is 16.5. The maximum Gasteiger partial charge on any atom is 0.328 e. The fraction of sp³-hybridized carbons (Fsp3) is 0.714. The highest BCUT2D eigenvalue weighted by Gasteiger charge is 2.27. The maximum atomic E-state index is 11.8. The highest BCUT2D eigenvalue weighted by Crippen LogP contribution is 2.06. The summed E-state index contributed by atoms with van der Waals surface area (Å²) < 4.78 is 6.30. The fourth-order valence-corrected chi connectivity index (χ4v) is 2.28. The van der Waals surface area contributed by atoms with Crippen molar-refractivity contribution in [3.8, 4) is 0 Å². The van der Waals surface area contributed by atoms with Crippen LogP contribution in [-0.2, 0) is 27.3 Å². The molecule has 7 nitrogen and oxygen atoms in total. The van der Waals surface area contributed by atoms with Gasteiger partial charge in [0.15, 0.2) is 0 Å². The van der Waals surface area contributed by atoms with Crippen LogP contribution in [0, 0.1) is 0 Å². The molecule has 116 valence electrons. The highest BCUT2D eigenvalue weighted by molar-refractivity contribution is 5.85. The number of rotatable bonds is 8. The molecule has 0 unspecified atom stereocenters. The molecule has 21 heavy (non-hydrogen) atoms. The van der Waals surface area contributed by atoms with Crippen molar-refractivity contribution >= 4 is 11.9 Å². The van der Waals surface area contributed by atoms with E-state index in [-0.39, 0.29) is 18.4 Å². The third kappa shape index (κ3) is 4.84. The van der Waals surface area contributed by atoms with E-state index in [0.717, 1.165) is 18.5 Å². The number of aryl methyl sites for hydroxylation is 1. The first-order valence-corrected chi connectivity index (χ1v) is 7.54. The van der Waals surface area contributed by atoms with E-state index in [0.29, 0.717) is 13.0 Å². The van der Waals surface area contributed by atoms with Gasteiger partial charge in [-0.05, 0) is 12.8 Å². The summed E-state index contributed by atoms with van der Waals surface area (Å²) >= 11 is 0. The molecular formula is C14H22N4O3. The molecule has 0 bridgehead atoms. The van der Waals surface area contributed by atoms with Crippen molar-refractivity contribution in [3.05, 3.63) is 11.9 Å². The molecule has 0 saturated carbocycles. The fourth-order valence-electron chi connectivity index (χ4n) is 2.28. The van der Waals surface area contributed by atoms with Gasteiger partial charge in [0.05, 0.1) is 12.3 Å². The SMILES string of the molecule is CCCCCCc1cn(CC(=O)N[C@H]2CCOC2=O)nn1. The van der Waals surface area contributed by atoms with Gasteiger partial charge in [-0.15, -0.1) is 5.10 Å². The molecule has 0 aromatic carbocycles. The molecule has 0 spiro atoms. The van der Waals surface area contributed by atoms with Gasteiger partial charge in [0.25, 0.3) is 0 Å². The second-order valence-corrected chi connectivity index (χ2v) is 5.29. The molecule has 1 aromatic rings. The number of hydrogen-bond acceptors (Lipinski definition) is 5. The predicted octanol–water partition coefficient (Wildman–Crippen LogP) is 0.833. The largest absolute Gasteiger partial charge is 0.464 e. The second-order valence-electron chi connectivity index (χ2n) is 5.29. The van der Waals surface area contributed by atoms with Crippen LogP contribution in [0.4, 0.5) is 0 Å². The summed E-state index contributed by atoms with van der Waals surface area (Å²) in [6.07, 6.45) is 7.92. The monoisotopic (exact) mass is 294 g/mol. The Morgan fingerprint density at radius 1 is 1.48 bits per heavy atom. The Labute approximate surface area is 124 Å². The second kappa shape index (κ2) is 7.75. The van der Waals surface area contributed by atoms with Crippen LogP contribution in [0.2, 0.25) is 0 Å². The number of aromatic nitrogens is 3. The lowest BCUT2D eigenvalue weighted by molar-refractivity contribution is -0.141. The molecule has 1 atom stereocenters. The molecule has 2 heterocycles. The van der Waals surface area contributed by atoms with Crippen molar-refractivity contribution < 1.29 is 14.3 Å². The molecule has 1 N–H and O–H groups in total. The van der Waals surface area contributed by atoms with Gasteiger partial charge in [-0.2, -0.15) is 0 Å². The van der Waals surface area contributed by atoms with Crippen molar-refractivity contribution in [2.24, 2.45) is 0 Å². The zero-order valence-electron chi connectivity index (χ0n) is 12.4. The van der Waals surface area contributed by atoms with Crippen molar-refractivity contribution in [2.45, 2.75) is 58.0 Å². The number of esters is 1. The van der Waals surface area contributed by atoms with Crippen molar-refractivity contribution in [2.75, 3.05) is 6.61 Å². The van der Waals surface area contributed by atoms with Crippen molar-refractivity contribution in [3.63, 3.8) is 0 Å². The minimum Gasteiger partial charge on any atom is -0.464 e. The van der Waals surface area contributed by atoms with Gasteiger partial charge in [0.1, 0.15) is 12.6 Å². The summed E-state index contributed by atoms with van der Waals surface area (Å²) in [6.45, 7) is 2.62. The first-order chi connectivity index (χ1) is 10.2. The number of ether oxygens (including phenoxy) is 1. The van der Waals surface area contributed by atoms with Crippen LogP contribution in [0.5, 0.6) is 0 Å². The van der Waals surface area contributed by atoms with Gasteiger partial charge in [0, 0.05) is 12.6 Å². The van der Waals surface area contributed by atoms with Gasteiger partial charge >= 0.3 is 5.97 Å². The zero-order valence-corrected chi connectivity index (χ0v) is 12.4. The van der Waals surface area contributed by atoms with Gasteiger partial charge in [-0.25, -0.2) is 9.48 Å². The molecule has 0 radical (unpaired) electrons. The average molecular weight is 294 g/mol. The van der Waals surface area contributed by atoms with E-state index >= 15 is 0 Å². The Kier molecular flexibility index (Phi) is 5.71. The third-order valence-corrected chi connectivity index (χ3v) is 3.45. The van der Waals surface area contributed by atoms with Crippen LogP contribution < -0.4 is 5.32 Å². The molecule has 1 amide bonds. The Balaban J connectivity index is 1.73. The zero-order chi connectivity index (χ0) is 15.1. The normalized spacial score (nSPS) is 17.8. The summed E-state index contributed by atoms with van der Waals surface area (Å²) in [4.78, 5) is 23.1. The minimum atomic E-state index is -0.519. The Morgan fingerprint density at radius 2 is 2.33 bits per heavy atom. The number of amides is 1. The lowest BCUT2D eigenvalue weighted by Crippen LogP contribution is -2.39. The smallest absolute Gasteiger partial charge is 0.328 e. The minimum absolute atomic E-state index is 0.0751. The van der Waals surface area contributed by atoms with Crippen LogP contribution in [0.1, 0.15) is 44.7 Å². The van der Waals surface area contributed by atoms with Crippen molar-refractivity contribution in [1.82, 2.24) is 20.3 Å². The third-order valence-electron chi connectivity index (χ3n) is 3.45. The number of nitrogens with zero attached hydrogens (tertiary/aromatic N) is 3. The number of unbranched alkanes of at least 4 members (excludes halogenated alkanes) is 3. The summed E-state index contributed by atoms with van der Waals surface area (Å²) in [6, 6.07) is -0.519. The number of nitrogens with one attached hydrogen (secondary N) is 1. The van der Waals surface area contributed by atoms with Crippen LogP contribution in [0.15, 0.2) is 6.20 Å². The van der Waals surface area contributed by atoms with Crippen LogP contribution in [0.25, 0.3) is 0 Å². The maximum absolute atomic E-state index is 11.8. The molecule has 1 aliphatic heterocycles.